The molecule has 0 aromatic carbocycles. The lowest BCUT2D eigenvalue weighted by Crippen LogP contribution is -2.53. The fraction of sp³-hybridized carbons (Fsp3) is 0.875. The van der Waals surface area contributed by atoms with Gasteiger partial charge in [-0.05, 0) is 39.5 Å². The van der Waals surface area contributed by atoms with Gasteiger partial charge in [-0.15, -0.1) is 0 Å². The molecule has 1 saturated carbocycles. The normalized spacial score (nSPS) is 18.2. The molecule has 1 atom stereocenters. The van der Waals surface area contributed by atoms with Gasteiger partial charge in [0.25, 0.3) is 0 Å². The maximum Gasteiger partial charge on any atom is 0.408 e. The Hall–Kier alpha value is -1.26. The zero-order valence-electron chi connectivity index (χ0n) is 14.0. The van der Waals surface area contributed by atoms with Gasteiger partial charge in [0, 0.05) is 6.04 Å². The molecule has 1 fully saturated rings. The van der Waals surface area contributed by atoms with Crippen LogP contribution in [0.1, 0.15) is 66.7 Å². The largest absolute Gasteiger partial charge is 0.444 e. The van der Waals surface area contributed by atoms with Crippen LogP contribution in [-0.4, -0.2) is 29.7 Å². The van der Waals surface area contributed by atoms with E-state index in [1.54, 1.807) is 20.8 Å². The summed E-state index contributed by atoms with van der Waals surface area (Å²) in [5.74, 6) is -0.0936. The third-order valence-electron chi connectivity index (χ3n) is 3.57. The Morgan fingerprint density at radius 2 is 1.67 bits per heavy atom. The minimum atomic E-state index is -0.564. The summed E-state index contributed by atoms with van der Waals surface area (Å²) in [5.41, 5.74) is -0.564. The van der Waals surface area contributed by atoms with Crippen molar-refractivity contribution in [3.8, 4) is 0 Å². The monoisotopic (exact) mass is 298 g/mol. The van der Waals surface area contributed by atoms with E-state index in [1.807, 2.05) is 13.8 Å². The molecule has 0 bridgehead atoms. The molecule has 0 aromatic heterocycles. The smallest absolute Gasteiger partial charge is 0.408 e. The van der Waals surface area contributed by atoms with E-state index in [-0.39, 0.29) is 17.9 Å². The van der Waals surface area contributed by atoms with E-state index in [0.29, 0.717) is 0 Å². The number of nitrogens with one attached hydrogen (secondary N) is 2. The molecule has 1 rings (SSSR count). The summed E-state index contributed by atoms with van der Waals surface area (Å²) in [7, 11) is 0. The van der Waals surface area contributed by atoms with Gasteiger partial charge >= 0.3 is 6.09 Å². The van der Waals surface area contributed by atoms with Crippen LogP contribution in [0.4, 0.5) is 4.79 Å². The van der Waals surface area contributed by atoms with Gasteiger partial charge in [0.15, 0.2) is 0 Å². The average Bonchev–Trinajstić information content (AvgIpc) is 2.34. The van der Waals surface area contributed by atoms with Gasteiger partial charge in [-0.2, -0.15) is 0 Å². The highest BCUT2D eigenvalue weighted by molar-refractivity contribution is 5.86. The van der Waals surface area contributed by atoms with Crippen molar-refractivity contribution < 1.29 is 14.3 Å². The summed E-state index contributed by atoms with van der Waals surface area (Å²) in [6.07, 6.45) is 5.09. The van der Waals surface area contributed by atoms with Crippen molar-refractivity contribution >= 4 is 12.0 Å². The van der Waals surface area contributed by atoms with Crippen LogP contribution in [0.2, 0.25) is 0 Å². The summed E-state index contributed by atoms with van der Waals surface area (Å²) < 4.78 is 5.23. The Morgan fingerprint density at radius 1 is 1.10 bits per heavy atom. The van der Waals surface area contributed by atoms with Crippen LogP contribution in [0.5, 0.6) is 0 Å². The van der Waals surface area contributed by atoms with Crippen molar-refractivity contribution in [3.05, 3.63) is 0 Å². The van der Waals surface area contributed by atoms with Gasteiger partial charge in [-0.25, -0.2) is 4.79 Å². The van der Waals surface area contributed by atoms with Gasteiger partial charge < -0.3 is 15.4 Å². The SMILES string of the molecule is CC(C)C(NC(=O)OC(C)(C)C)C(=O)NC1CCCCC1. The molecule has 5 nitrogen and oxygen atoms in total. The van der Waals surface area contributed by atoms with Gasteiger partial charge in [0.1, 0.15) is 11.6 Å². The standard InChI is InChI=1S/C16H30N2O3/c1-11(2)13(18-15(20)21-16(3,4)5)14(19)17-12-9-7-6-8-10-12/h11-13H,6-10H2,1-5H3,(H,17,19)(H,18,20). The van der Waals surface area contributed by atoms with Crippen LogP contribution in [0.25, 0.3) is 0 Å². The number of hydrogen-bond donors (Lipinski definition) is 2. The van der Waals surface area contributed by atoms with Crippen molar-refractivity contribution in [2.24, 2.45) is 5.92 Å². The third-order valence-corrected chi connectivity index (χ3v) is 3.57. The molecule has 0 aliphatic heterocycles. The molecule has 1 aliphatic carbocycles. The number of carbonyl (C=O) groups excluding carboxylic acids is 2. The van der Waals surface area contributed by atoms with Crippen LogP contribution in [0, 0.1) is 5.92 Å². The Morgan fingerprint density at radius 3 is 2.14 bits per heavy atom. The van der Waals surface area contributed by atoms with Gasteiger partial charge in [-0.1, -0.05) is 33.1 Å². The molecule has 1 unspecified atom stereocenters. The molecular weight excluding hydrogens is 268 g/mol. The highest BCUT2D eigenvalue weighted by Gasteiger charge is 2.28. The van der Waals surface area contributed by atoms with Gasteiger partial charge in [0.05, 0.1) is 0 Å². The minimum absolute atomic E-state index is 0.0149. The first kappa shape index (κ1) is 17.8. The number of alkyl carbamates (subject to hydrolysis) is 1. The number of ether oxygens (including phenoxy) is 1. The fourth-order valence-corrected chi connectivity index (χ4v) is 2.51. The first-order valence-corrected chi connectivity index (χ1v) is 7.99. The first-order chi connectivity index (χ1) is 9.69. The molecule has 0 radical (unpaired) electrons. The molecule has 0 aromatic rings. The summed E-state index contributed by atoms with van der Waals surface area (Å²) in [5, 5.41) is 5.75. The molecule has 5 heteroatoms. The second kappa shape index (κ2) is 7.66. The number of hydrogen-bond acceptors (Lipinski definition) is 3. The third kappa shape index (κ3) is 6.82. The predicted molar refractivity (Wildman–Crippen MR) is 83.0 cm³/mol. The Labute approximate surface area is 128 Å². The molecule has 2 amide bonds. The summed E-state index contributed by atoms with van der Waals surface area (Å²) in [6, 6.07) is -0.310. The van der Waals surface area contributed by atoms with E-state index in [1.165, 1.54) is 6.42 Å². The molecule has 0 saturated heterocycles. The van der Waals surface area contributed by atoms with E-state index in [9.17, 15) is 9.59 Å². The second-order valence-corrected chi connectivity index (χ2v) is 7.21. The van der Waals surface area contributed by atoms with Crippen LogP contribution >= 0.6 is 0 Å². The van der Waals surface area contributed by atoms with Crippen molar-refractivity contribution in [1.82, 2.24) is 10.6 Å². The molecule has 0 spiro atoms. The van der Waals surface area contributed by atoms with Gasteiger partial charge in [-0.3, -0.25) is 4.79 Å². The molecule has 122 valence electrons. The van der Waals surface area contributed by atoms with Crippen molar-refractivity contribution in [1.29, 1.82) is 0 Å². The van der Waals surface area contributed by atoms with Crippen LogP contribution in [0.3, 0.4) is 0 Å². The molecular formula is C16H30N2O3. The fourth-order valence-electron chi connectivity index (χ4n) is 2.51. The highest BCUT2D eigenvalue weighted by Crippen LogP contribution is 2.18. The number of amides is 2. The van der Waals surface area contributed by atoms with E-state index >= 15 is 0 Å². The second-order valence-electron chi connectivity index (χ2n) is 7.21. The number of carbonyl (C=O) groups is 2. The van der Waals surface area contributed by atoms with Crippen molar-refractivity contribution in [2.75, 3.05) is 0 Å². The molecule has 0 heterocycles. The van der Waals surface area contributed by atoms with E-state index < -0.39 is 17.7 Å². The summed E-state index contributed by atoms with van der Waals surface area (Å²) in [4.78, 5) is 24.2. The maximum absolute atomic E-state index is 12.4. The average molecular weight is 298 g/mol. The topological polar surface area (TPSA) is 67.4 Å². The minimum Gasteiger partial charge on any atom is -0.444 e. The Kier molecular flexibility index (Phi) is 6.49. The zero-order chi connectivity index (χ0) is 16.0. The van der Waals surface area contributed by atoms with Crippen LogP contribution < -0.4 is 10.6 Å². The van der Waals surface area contributed by atoms with E-state index in [0.717, 1.165) is 25.7 Å². The molecule has 21 heavy (non-hydrogen) atoms. The summed E-state index contributed by atoms with van der Waals surface area (Å²) in [6.45, 7) is 9.25. The lowest BCUT2D eigenvalue weighted by Gasteiger charge is -2.28. The first-order valence-electron chi connectivity index (χ1n) is 7.99. The Bertz CT molecular complexity index is 355. The quantitative estimate of drug-likeness (QED) is 0.838. The molecule has 1 aliphatic rings. The van der Waals surface area contributed by atoms with Crippen LogP contribution in [-0.2, 0) is 9.53 Å². The lowest BCUT2D eigenvalue weighted by molar-refractivity contribution is -0.125. The van der Waals surface area contributed by atoms with Crippen molar-refractivity contribution in [3.63, 3.8) is 0 Å². The zero-order valence-corrected chi connectivity index (χ0v) is 14.0. The Balaban J connectivity index is 2.55. The summed E-state index contributed by atoms with van der Waals surface area (Å²) >= 11 is 0. The van der Waals surface area contributed by atoms with Gasteiger partial charge in [0.2, 0.25) is 5.91 Å². The maximum atomic E-state index is 12.4. The van der Waals surface area contributed by atoms with Crippen LogP contribution in [0.15, 0.2) is 0 Å². The number of rotatable bonds is 4. The lowest BCUT2D eigenvalue weighted by atomic mass is 9.94. The highest BCUT2D eigenvalue weighted by atomic mass is 16.6. The van der Waals surface area contributed by atoms with E-state index in [2.05, 4.69) is 10.6 Å². The predicted octanol–water partition coefficient (Wildman–Crippen LogP) is 2.98. The van der Waals surface area contributed by atoms with E-state index in [4.69, 9.17) is 4.74 Å². The van der Waals surface area contributed by atoms with Crippen molar-refractivity contribution in [2.45, 2.75) is 84.4 Å². The molecule has 2 N–H and O–H groups in total.